The molecular formula is C30H28Cl2N4O5. The lowest BCUT2D eigenvalue weighted by molar-refractivity contribution is -0.153. The van der Waals surface area contributed by atoms with E-state index < -0.39 is 29.9 Å². The lowest BCUT2D eigenvalue weighted by Gasteiger charge is -2.21. The van der Waals surface area contributed by atoms with Gasteiger partial charge in [0, 0.05) is 23.6 Å². The number of rotatable bonds is 11. The Balaban J connectivity index is 1.46. The number of hydrogen-bond acceptors (Lipinski definition) is 6. The summed E-state index contributed by atoms with van der Waals surface area (Å²) in [5.74, 6) is -1.66. The molecule has 0 aliphatic rings. The number of H-pyrrole nitrogens is 1. The summed E-state index contributed by atoms with van der Waals surface area (Å²) in [6.07, 6.45) is -1.19. The number of anilines is 1. The van der Waals surface area contributed by atoms with Gasteiger partial charge in [0.1, 0.15) is 5.69 Å². The maximum absolute atomic E-state index is 13.1. The van der Waals surface area contributed by atoms with Crippen molar-refractivity contribution in [1.82, 2.24) is 15.5 Å². The van der Waals surface area contributed by atoms with Crippen LogP contribution in [0.25, 0.3) is 11.1 Å². The number of aromatic amines is 1. The zero-order valence-corrected chi connectivity index (χ0v) is 23.6. The van der Waals surface area contributed by atoms with E-state index in [-0.39, 0.29) is 35.1 Å². The van der Waals surface area contributed by atoms with Crippen LogP contribution in [-0.2, 0) is 16.0 Å². The summed E-state index contributed by atoms with van der Waals surface area (Å²) in [5, 5.41) is 23.4. The number of aliphatic hydroxyl groups is 1. The minimum absolute atomic E-state index is 0.0754. The number of hydrogen-bond donors (Lipinski definition) is 4. The molecule has 2 atom stereocenters. The first-order chi connectivity index (χ1) is 19.7. The summed E-state index contributed by atoms with van der Waals surface area (Å²) in [6.45, 7) is 1.76. The molecule has 2 amide bonds. The van der Waals surface area contributed by atoms with E-state index in [4.69, 9.17) is 27.9 Å². The molecule has 9 nitrogen and oxygen atoms in total. The number of aromatic nitrogens is 2. The summed E-state index contributed by atoms with van der Waals surface area (Å²) in [7, 11) is 0. The van der Waals surface area contributed by atoms with Crippen molar-refractivity contribution in [2.75, 3.05) is 11.9 Å². The van der Waals surface area contributed by atoms with Crippen LogP contribution in [0.5, 0.6) is 0 Å². The average Bonchev–Trinajstić information content (AvgIpc) is 3.42. The van der Waals surface area contributed by atoms with E-state index >= 15 is 0 Å². The Labute approximate surface area is 246 Å². The normalized spacial score (nSPS) is 12.3. The summed E-state index contributed by atoms with van der Waals surface area (Å²) >= 11 is 12.2. The second-order valence-corrected chi connectivity index (χ2v) is 10.0. The first-order valence-electron chi connectivity index (χ1n) is 12.8. The summed E-state index contributed by atoms with van der Waals surface area (Å²) < 4.78 is 4.93. The third-order valence-electron chi connectivity index (χ3n) is 6.18. The number of nitrogens with zero attached hydrogens (tertiary/aromatic N) is 1. The maximum Gasteiger partial charge on any atom is 0.335 e. The highest BCUT2D eigenvalue weighted by atomic mass is 35.5. The summed E-state index contributed by atoms with van der Waals surface area (Å²) in [6, 6.07) is 22.5. The van der Waals surface area contributed by atoms with Crippen molar-refractivity contribution >= 4 is 46.8 Å². The average molecular weight is 595 g/mol. The van der Waals surface area contributed by atoms with E-state index in [0.29, 0.717) is 11.4 Å². The molecule has 0 unspecified atom stereocenters. The van der Waals surface area contributed by atoms with E-state index in [1.165, 1.54) is 6.07 Å². The van der Waals surface area contributed by atoms with E-state index in [1.807, 2.05) is 42.5 Å². The number of carbonyl (C=O) groups excluding carboxylic acids is 3. The van der Waals surface area contributed by atoms with Gasteiger partial charge in [-0.25, -0.2) is 4.79 Å². The molecule has 0 saturated carbocycles. The van der Waals surface area contributed by atoms with Crippen LogP contribution in [0.4, 0.5) is 5.82 Å². The van der Waals surface area contributed by atoms with Crippen molar-refractivity contribution in [2.24, 2.45) is 0 Å². The van der Waals surface area contributed by atoms with Crippen LogP contribution in [0, 0.1) is 0 Å². The van der Waals surface area contributed by atoms with E-state index in [0.717, 1.165) is 16.7 Å². The van der Waals surface area contributed by atoms with Crippen LogP contribution in [0.3, 0.4) is 0 Å². The highest BCUT2D eigenvalue weighted by molar-refractivity contribution is 6.34. The van der Waals surface area contributed by atoms with Gasteiger partial charge >= 0.3 is 5.97 Å². The number of benzene rings is 3. The fourth-order valence-electron chi connectivity index (χ4n) is 4.18. The van der Waals surface area contributed by atoms with Gasteiger partial charge in [0.25, 0.3) is 11.8 Å². The smallest absolute Gasteiger partial charge is 0.335 e. The van der Waals surface area contributed by atoms with Gasteiger partial charge in [0.2, 0.25) is 0 Å². The summed E-state index contributed by atoms with van der Waals surface area (Å²) in [4.78, 5) is 37.7. The van der Waals surface area contributed by atoms with Crippen LogP contribution in [0.2, 0.25) is 10.0 Å². The molecule has 1 aromatic heterocycles. The minimum Gasteiger partial charge on any atom is -0.464 e. The Morgan fingerprint density at radius 2 is 1.71 bits per heavy atom. The SMILES string of the molecule is CCOC(=O)[C@H](O)C[C@@H](Cc1ccc(-c2cccc(Cl)c2)cc1)NC(=O)c1cc(NC(=O)c2ccccc2Cl)n[nH]1. The Kier molecular flexibility index (Phi) is 10.1. The van der Waals surface area contributed by atoms with Gasteiger partial charge in [-0.1, -0.05) is 71.7 Å². The quantitative estimate of drug-likeness (QED) is 0.174. The van der Waals surface area contributed by atoms with Gasteiger partial charge in [0.05, 0.1) is 17.2 Å². The topological polar surface area (TPSA) is 133 Å². The maximum atomic E-state index is 13.1. The number of amides is 2. The lowest BCUT2D eigenvalue weighted by atomic mass is 9.97. The Morgan fingerprint density at radius 3 is 2.41 bits per heavy atom. The predicted octanol–water partition coefficient (Wildman–Crippen LogP) is 5.29. The first kappa shape index (κ1) is 29.8. The molecule has 1 heterocycles. The lowest BCUT2D eigenvalue weighted by Crippen LogP contribution is -2.41. The number of halogens is 2. The van der Waals surface area contributed by atoms with E-state index in [2.05, 4.69) is 20.8 Å². The number of carbonyl (C=O) groups is 3. The van der Waals surface area contributed by atoms with Crippen molar-refractivity contribution in [3.05, 3.63) is 106 Å². The molecule has 0 radical (unpaired) electrons. The highest BCUT2D eigenvalue weighted by Crippen LogP contribution is 2.24. The molecule has 0 saturated heterocycles. The van der Waals surface area contributed by atoms with Gasteiger partial charge in [-0.05, 0) is 54.3 Å². The van der Waals surface area contributed by atoms with Crippen LogP contribution in [0.15, 0.2) is 78.9 Å². The molecule has 0 bridgehead atoms. The molecule has 0 fully saturated rings. The Bertz CT molecular complexity index is 1520. The van der Waals surface area contributed by atoms with Crippen LogP contribution >= 0.6 is 23.2 Å². The van der Waals surface area contributed by atoms with Gasteiger partial charge in [-0.15, -0.1) is 0 Å². The van der Waals surface area contributed by atoms with Crippen molar-refractivity contribution in [3.63, 3.8) is 0 Å². The van der Waals surface area contributed by atoms with Gasteiger partial charge in [-0.2, -0.15) is 5.10 Å². The zero-order valence-electron chi connectivity index (χ0n) is 22.1. The molecule has 3 aromatic carbocycles. The van der Waals surface area contributed by atoms with Crippen molar-refractivity contribution in [3.8, 4) is 11.1 Å². The fraction of sp³-hybridized carbons (Fsp3) is 0.200. The van der Waals surface area contributed by atoms with Crippen molar-refractivity contribution in [2.45, 2.75) is 31.9 Å². The number of esters is 1. The van der Waals surface area contributed by atoms with Gasteiger partial charge in [-0.3, -0.25) is 14.7 Å². The largest absolute Gasteiger partial charge is 0.464 e. The van der Waals surface area contributed by atoms with Crippen molar-refractivity contribution in [1.29, 1.82) is 0 Å². The molecular weight excluding hydrogens is 567 g/mol. The standard InChI is InChI=1S/C30H28Cl2N4O5/c1-2-41-30(40)26(37)16-22(14-18-10-12-19(13-11-18)20-6-5-7-21(31)15-20)33-29(39)25-17-27(36-35-25)34-28(38)23-8-3-4-9-24(23)32/h3-13,15,17,22,26,37H,2,14,16H2,1H3,(H,33,39)(H2,34,35,36,38)/t22-,26-/m1/s1. The third kappa shape index (κ3) is 8.17. The third-order valence-corrected chi connectivity index (χ3v) is 6.74. The minimum atomic E-state index is -1.43. The van der Waals surface area contributed by atoms with E-state index in [9.17, 15) is 19.5 Å². The van der Waals surface area contributed by atoms with Crippen LogP contribution < -0.4 is 10.6 Å². The molecule has 212 valence electrons. The van der Waals surface area contributed by atoms with Crippen molar-refractivity contribution < 1.29 is 24.2 Å². The Hall–Kier alpha value is -4.18. The van der Waals surface area contributed by atoms with Crippen LogP contribution in [0.1, 0.15) is 39.8 Å². The second-order valence-electron chi connectivity index (χ2n) is 9.19. The number of ether oxygens (including phenoxy) is 1. The molecule has 11 heteroatoms. The number of aliphatic hydroxyl groups excluding tert-OH is 1. The molecule has 4 N–H and O–H groups in total. The summed E-state index contributed by atoms with van der Waals surface area (Å²) in [5.41, 5.74) is 3.13. The van der Waals surface area contributed by atoms with Crippen LogP contribution in [-0.4, -0.2) is 51.8 Å². The monoisotopic (exact) mass is 594 g/mol. The molecule has 0 aliphatic carbocycles. The van der Waals surface area contributed by atoms with Gasteiger partial charge < -0.3 is 20.5 Å². The molecule has 0 spiro atoms. The second kappa shape index (κ2) is 13.9. The number of nitrogens with one attached hydrogen (secondary N) is 3. The predicted molar refractivity (Wildman–Crippen MR) is 157 cm³/mol. The fourth-order valence-corrected chi connectivity index (χ4v) is 4.59. The highest BCUT2D eigenvalue weighted by Gasteiger charge is 2.25. The molecule has 0 aliphatic heterocycles. The zero-order chi connectivity index (χ0) is 29.4. The molecule has 41 heavy (non-hydrogen) atoms. The molecule has 4 aromatic rings. The van der Waals surface area contributed by atoms with Gasteiger partial charge in [0.15, 0.2) is 11.9 Å². The molecule has 4 rings (SSSR count). The first-order valence-corrected chi connectivity index (χ1v) is 13.6. The Morgan fingerprint density at radius 1 is 0.951 bits per heavy atom. The van der Waals surface area contributed by atoms with E-state index in [1.54, 1.807) is 37.3 Å².